The van der Waals surface area contributed by atoms with Gasteiger partial charge in [-0.1, -0.05) is 6.92 Å². The molecule has 0 amide bonds. The van der Waals surface area contributed by atoms with E-state index in [9.17, 15) is 0 Å². The lowest BCUT2D eigenvalue weighted by Crippen LogP contribution is -2.04. The molecule has 4 heteroatoms. The average molecular weight is 255 g/mol. The molecule has 0 atom stereocenters. The molecule has 17 heavy (non-hydrogen) atoms. The SMILES string of the molecule is CCOc1cc(CCN)cc(OC)c1SCC. The van der Waals surface area contributed by atoms with Crippen LogP contribution < -0.4 is 15.2 Å². The lowest BCUT2D eigenvalue weighted by molar-refractivity contribution is 0.324. The van der Waals surface area contributed by atoms with Crippen molar-refractivity contribution in [2.45, 2.75) is 25.2 Å². The Bertz CT molecular complexity index is 356. The molecular formula is C13H21NO2S. The molecule has 0 aliphatic rings. The van der Waals surface area contributed by atoms with Gasteiger partial charge in [-0.3, -0.25) is 0 Å². The summed E-state index contributed by atoms with van der Waals surface area (Å²) in [5.41, 5.74) is 6.75. The number of hydrogen-bond donors (Lipinski definition) is 1. The van der Waals surface area contributed by atoms with Gasteiger partial charge in [0.25, 0.3) is 0 Å². The maximum atomic E-state index is 5.68. The van der Waals surface area contributed by atoms with Gasteiger partial charge in [0.2, 0.25) is 0 Å². The molecule has 0 aromatic heterocycles. The lowest BCUT2D eigenvalue weighted by Gasteiger charge is -2.15. The molecule has 0 saturated carbocycles. The van der Waals surface area contributed by atoms with Crippen LogP contribution in [0.5, 0.6) is 11.5 Å². The minimum atomic E-state index is 0.634. The number of benzene rings is 1. The highest BCUT2D eigenvalue weighted by molar-refractivity contribution is 7.99. The zero-order chi connectivity index (χ0) is 12.7. The molecule has 0 bridgehead atoms. The van der Waals surface area contributed by atoms with Crippen molar-refractivity contribution in [1.29, 1.82) is 0 Å². The van der Waals surface area contributed by atoms with Gasteiger partial charge in [-0.2, -0.15) is 0 Å². The van der Waals surface area contributed by atoms with E-state index >= 15 is 0 Å². The van der Waals surface area contributed by atoms with E-state index in [1.165, 1.54) is 0 Å². The summed E-state index contributed by atoms with van der Waals surface area (Å²) in [5, 5.41) is 0. The Labute approximate surface area is 108 Å². The zero-order valence-electron chi connectivity index (χ0n) is 10.8. The van der Waals surface area contributed by atoms with Gasteiger partial charge in [0.05, 0.1) is 18.6 Å². The molecule has 0 fully saturated rings. The predicted octanol–water partition coefficient (Wildman–Crippen LogP) is 2.71. The molecule has 0 aliphatic carbocycles. The Morgan fingerprint density at radius 3 is 2.47 bits per heavy atom. The normalized spacial score (nSPS) is 10.4. The number of rotatable bonds is 7. The smallest absolute Gasteiger partial charge is 0.136 e. The molecular weight excluding hydrogens is 234 g/mol. The summed E-state index contributed by atoms with van der Waals surface area (Å²) >= 11 is 1.74. The minimum absolute atomic E-state index is 0.634. The van der Waals surface area contributed by atoms with E-state index in [0.717, 1.165) is 34.1 Å². The summed E-state index contributed by atoms with van der Waals surface area (Å²) in [6.45, 7) is 5.40. The predicted molar refractivity (Wildman–Crippen MR) is 73.3 cm³/mol. The summed E-state index contributed by atoms with van der Waals surface area (Å²) in [5.74, 6) is 2.78. The van der Waals surface area contributed by atoms with Crippen LogP contribution in [0.25, 0.3) is 0 Å². The largest absolute Gasteiger partial charge is 0.495 e. The standard InChI is InChI=1S/C13H21NO2S/c1-4-16-12-9-10(6-7-14)8-11(15-3)13(12)17-5-2/h8-9H,4-7,14H2,1-3H3. The Kier molecular flexibility index (Phi) is 6.22. The van der Waals surface area contributed by atoms with Crippen LogP contribution in [0.4, 0.5) is 0 Å². The van der Waals surface area contributed by atoms with Crippen LogP contribution in [-0.2, 0) is 6.42 Å². The van der Waals surface area contributed by atoms with Crippen molar-refractivity contribution in [3.8, 4) is 11.5 Å². The summed E-state index contributed by atoms with van der Waals surface area (Å²) in [7, 11) is 1.69. The molecule has 0 spiro atoms. The first-order valence-electron chi connectivity index (χ1n) is 5.93. The molecule has 0 unspecified atom stereocenters. The van der Waals surface area contributed by atoms with Crippen molar-refractivity contribution in [1.82, 2.24) is 0 Å². The van der Waals surface area contributed by atoms with E-state index < -0.39 is 0 Å². The van der Waals surface area contributed by atoms with Crippen molar-refractivity contribution < 1.29 is 9.47 Å². The zero-order valence-corrected chi connectivity index (χ0v) is 11.6. The van der Waals surface area contributed by atoms with Crippen LogP contribution in [0.1, 0.15) is 19.4 Å². The molecule has 96 valence electrons. The molecule has 1 aromatic carbocycles. The van der Waals surface area contributed by atoms with Crippen LogP contribution in [0, 0.1) is 0 Å². The van der Waals surface area contributed by atoms with Crippen molar-refractivity contribution in [2.75, 3.05) is 26.0 Å². The van der Waals surface area contributed by atoms with Gasteiger partial charge < -0.3 is 15.2 Å². The molecule has 2 N–H and O–H groups in total. The minimum Gasteiger partial charge on any atom is -0.495 e. The third-order valence-corrected chi connectivity index (χ3v) is 3.30. The Balaban J connectivity index is 3.14. The second-order valence-corrected chi connectivity index (χ2v) is 4.80. The van der Waals surface area contributed by atoms with Gasteiger partial charge in [0.1, 0.15) is 11.5 Å². The second-order valence-electron chi connectivity index (χ2n) is 3.53. The van der Waals surface area contributed by atoms with E-state index in [2.05, 4.69) is 13.0 Å². The molecule has 1 aromatic rings. The van der Waals surface area contributed by atoms with Gasteiger partial charge in [-0.15, -0.1) is 11.8 Å². The van der Waals surface area contributed by atoms with E-state index in [0.29, 0.717) is 13.2 Å². The first-order chi connectivity index (χ1) is 8.26. The first kappa shape index (κ1) is 14.2. The summed E-state index contributed by atoms with van der Waals surface area (Å²) in [6, 6.07) is 4.12. The highest BCUT2D eigenvalue weighted by atomic mass is 32.2. The quantitative estimate of drug-likeness (QED) is 0.761. The Morgan fingerprint density at radius 2 is 1.94 bits per heavy atom. The molecule has 0 aliphatic heterocycles. The lowest BCUT2D eigenvalue weighted by atomic mass is 10.1. The van der Waals surface area contributed by atoms with E-state index in [-0.39, 0.29) is 0 Å². The van der Waals surface area contributed by atoms with Crippen molar-refractivity contribution in [3.63, 3.8) is 0 Å². The number of ether oxygens (including phenoxy) is 2. The monoisotopic (exact) mass is 255 g/mol. The fourth-order valence-corrected chi connectivity index (χ4v) is 2.48. The van der Waals surface area contributed by atoms with E-state index in [1.807, 2.05) is 13.0 Å². The second kappa shape index (κ2) is 7.45. The molecule has 3 nitrogen and oxygen atoms in total. The average Bonchev–Trinajstić information content (AvgIpc) is 2.33. The van der Waals surface area contributed by atoms with Crippen LogP contribution in [-0.4, -0.2) is 26.0 Å². The maximum absolute atomic E-state index is 5.68. The van der Waals surface area contributed by atoms with Crippen LogP contribution >= 0.6 is 11.8 Å². The molecule has 0 radical (unpaired) electrons. The van der Waals surface area contributed by atoms with Gasteiger partial charge >= 0.3 is 0 Å². The first-order valence-corrected chi connectivity index (χ1v) is 6.91. The Morgan fingerprint density at radius 1 is 1.24 bits per heavy atom. The number of thioether (sulfide) groups is 1. The van der Waals surface area contributed by atoms with Crippen molar-refractivity contribution in [3.05, 3.63) is 17.7 Å². The summed E-state index contributed by atoms with van der Waals surface area (Å²) in [6.07, 6.45) is 0.841. The van der Waals surface area contributed by atoms with Gasteiger partial charge in [-0.05, 0) is 43.3 Å². The van der Waals surface area contributed by atoms with Crippen LogP contribution in [0.3, 0.4) is 0 Å². The van der Waals surface area contributed by atoms with Gasteiger partial charge in [-0.25, -0.2) is 0 Å². The molecule has 0 saturated heterocycles. The highest BCUT2D eigenvalue weighted by Crippen LogP contribution is 2.39. The highest BCUT2D eigenvalue weighted by Gasteiger charge is 2.12. The van der Waals surface area contributed by atoms with Gasteiger partial charge in [0, 0.05) is 0 Å². The molecule has 0 heterocycles. The topological polar surface area (TPSA) is 44.5 Å². The summed E-state index contributed by atoms with van der Waals surface area (Å²) in [4.78, 5) is 1.08. The van der Waals surface area contributed by atoms with Crippen LogP contribution in [0.15, 0.2) is 17.0 Å². The molecule has 1 rings (SSSR count). The Hall–Kier alpha value is -0.870. The third-order valence-electron chi connectivity index (χ3n) is 2.32. The van der Waals surface area contributed by atoms with Crippen LogP contribution in [0.2, 0.25) is 0 Å². The maximum Gasteiger partial charge on any atom is 0.136 e. The number of methoxy groups -OCH3 is 1. The number of nitrogens with two attached hydrogens (primary N) is 1. The summed E-state index contributed by atoms with van der Waals surface area (Å²) < 4.78 is 11.1. The van der Waals surface area contributed by atoms with E-state index in [1.54, 1.807) is 18.9 Å². The third kappa shape index (κ3) is 3.82. The fraction of sp³-hybridized carbons (Fsp3) is 0.538. The van der Waals surface area contributed by atoms with E-state index in [4.69, 9.17) is 15.2 Å². The van der Waals surface area contributed by atoms with Crippen molar-refractivity contribution >= 4 is 11.8 Å². The van der Waals surface area contributed by atoms with Crippen molar-refractivity contribution in [2.24, 2.45) is 5.73 Å². The fourth-order valence-electron chi connectivity index (χ4n) is 1.64. The van der Waals surface area contributed by atoms with Gasteiger partial charge in [0.15, 0.2) is 0 Å². The number of hydrogen-bond acceptors (Lipinski definition) is 4.